The summed E-state index contributed by atoms with van der Waals surface area (Å²) in [4.78, 5) is 14.4. The van der Waals surface area contributed by atoms with Crippen LogP contribution in [0.2, 0.25) is 10.2 Å². The lowest BCUT2D eigenvalue weighted by Crippen LogP contribution is -2.34. The molecule has 0 saturated carbocycles. The fourth-order valence-corrected chi connectivity index (χ4v) is 2.29. The molecule has 7 heteroatoms. The topological polar surface area (TPSA) is 66.2 Å². The zero-order chi connectivity index (χ0) is 13.7. The highest BCUT2D eigenvalue weighted by Gasteiger charge is 2.14. The number of hydrogen-bond donors (Lipinski definition) is 3. The molecule has 1 aliphatic rings. The van der Waals surface area contributed by atoms with E-state index in [0.29, 0.717) is 30.0 Å². The second-order valence-electron chi connectivity index (χ2n) is 4.42. The second-order valence-corrected chi connectivity index (χ2v) is 5.21. The summed E-state index contributed by atoms with van der Waals surface area (Å²) >= 11 is 11.5. The Labute approximate surface area is 122 Å². The minimum Gasteiger partial charge on any atom is -0.376 e. The number of halogens is 2. The number of carbonyl (C=O) groups is 1. The molecule has 0 spiro atoms. The number of hydrogen-bond acceptors (Lipinski definition) is 3. The lowest BCUT2D eigenvalue weighted by atomic mass is 10.1. The molecule has 0 aliphatic carbocycles. The van der Waals surface area contributed by atoms with Crippen molar-refractivity contribution in [2.75, 3.05) is 26.2 Å². The predicted molar refractivity (Wildman–Crippen MR) is 75.0 cm³/mol. The third kappa shape index (κ3) is 4.38. The minimum atomic E-state index is -0.234. The van der Waals surface area contributed by atoms with Gasteiger partial charge in [-0.15, -0.1) is 0 Å². The lowest BCUT2D eigenvalue weighted by molar-refractivity contribution is 0.0343. The van der Waals surface area contributed by atoms with E-state index in [-0.39, 0.29) is 11.1 Å². The molecule has 0 bridgehead atoms. The first-order chi connectivity index (χ1) is 9.16. The molecule has 0 aromatic carbocycles. The summed E-state index contributed by atoms with van der Waals surface area (Å²) in [6, 6.07) is 1.51. The number of rotatable bonds is 5. The van der Waals surface area contributed by atoms with Crippen LogP contribution in [-0.4, -0.2) is 43.2 Å². The van der Waals surface area contributed by atoms with Gasteiger partial charge in [-0.1, -0.05) is 23.2 Å². The number of aromatic nitrogens is 1. The Kier molecular flexibility index (Phi) is 5.51. The molecule has 3 N–H and O–H groups in total. The van der Waals surface area contributed by atoms with E-state index in [1.54, 1.807) is 0 Å². The van der Waals surface area contributed by atoms with Gasteiger partial charge in [-0.2, -0.15) is 0 Å². The van der Waals surface area contributed by atoms with Crippen LogP contribution in [0.1, 0.15) is 23.3 Å². The maximum atomic E-state index is 11.7. The molecular weight excluding hydrogens is 289 g/mol. The molecule has 0 atom stereocenters. The molecule has 5 nitrogen and oxygen atoms in total. The maximum absolute atomic E-state index is 11.7. The summed E-state index contributed by atoms with van der Waals surface area (Å²) in [7, 11) is 0. The van der Waals surface area contributed by atoms with Crippen LogP contribution >= 0.6 is 23.2 Å². The standard InChI is InChI=1S/C12H17Cl2N3O2/c13-9-7-10(17-11(9)14)12(18)16-5-6-19-8-1-3-15-4-2-8/h7-8,15,17H,1-6H2,(H,16,18). The molecule has 1 fully saturated rings. The van der Waals surface area contributed by atoms with Gasteiger partial charge in [-0.3, -0.25) is 4.79 Å². The van der Waals surface area contributed by atoms with Gasteiger partial charge in [-0.05, 0) is 32.0 Å². The third-order valence-electron chi connectivity index (χ3n) is 3.00. The summed E-state index contributed by atoms with van der Waals surface area (Å²) in [5.41, 5.74) is 0.358. The van der Waals surface area contributed by atoms with Crippen molar-refractivity contribution >= 4 is 29.1 Å². The van der Waals surface area contributed by atoms with Gasteiger partial charge in [-0.25, -0.2) is 0 Å². The normalized spacial score (nSPS) is 16.5. The summed E-state index contributed by atoms with van der Waals surface area (Å²) in [6.45, 7) is 2.97. The van der Waals surface area contributed by atoms with Crippen molar-refractivity contribution in [3.8, 4) is 0 Å². The smallest absolute Gasteiger partial charge is 0.267 e. The fraction of sp³-hybridized carbons (Fsp3) is 0.583. The maximum Gasteiger partial charge on any atom is 0.267 e. The molecule has 106 valence electrons. The van der Waals surface area contributed by atoms with Crippen LogP contribution in [-0.2, 0) is 4.74 Å². The number of aromatic amines is 1. The van der Waals surface area contributed by atoms with Crippen molar-refractivity contribution in [1.29, 1.82) is 0 Å². The van der Waals surface area contributed by atoms with Gasteiger partial charge >= 0.3 is 0 Å². The molecule has 0 unspecified atom stereocenters. The molecule has 1 aliphatic heterocycles. The summed E-state index contributed by atoms with van der Waals surface area (Å²) in [5.74, 6) is -0.234. The van der Waals surface area contributed by atoms with Crippen LogP contribution in [0.4, 0.5) is 0 Å². The number of H-pyrrole nitrogens is 1. The Morgan fingerprint density at radius 3 is 2.79 bits per heavy atom. The Morgan fingerprint density at radius 2 is 2.16 bits per heavy atom. The zero-order valence-electron chi connectivity index (χ0n) is 10.5. The molecule has 19 heavy (non-hydrogen) atoms. The highest BCUT2D eigenvalue weighted by molar-refractivity contribution is 6.41. The van der Waals surface area contributed by atoms with Gasteiger partial charge in [0, 0.05) is 6.54 Å². The van der Waals surface area contributed by atoms with E-state index in [4.69, 9.17) is 27.9 Å². The Balaban J connectivity index is 1.66. The summed E-state index contributed by atoms with van der Waals surface area (Å²) in [5, 5.41) is 6.65. The number of carbonyl (C=O) groups excluding carboxylic acids is 1. The average Bonchev–Trinajstić information content (AvgIpc) is 2.76. The van der Waals surface area contributed by atoms with Gasteiger partial charge in [0.05, 0.1) is 17.7 Å². The highest BCUT2D eigenvalue weighted by Crippen LogP contribution is 2.21. The Bertz CT molecular complexity index is 411. The van der Waals surface area contributed by atoms with Crippen LogP contribution in [0, 0.1) is 0 Å². The first-order valence-electron chi connectivity index (χ1n) is 6.31. The molecule has 1 aromatic rings. The van der Waals surface area contributed by atoms with Crippen molar-refractivity contribution in [3.63, 3.8) is 0 Å². The first-order valence-corrected chi connectivity index (χ1v) is 7.07. The monoisotopic (exact) mass is 305 g/mol. The third-order valence-corrected chi connectivity index (χ3v) is 3.69. The lowest BCUT2D eigenvalue weighted by Gasteiger charge is -2.22. The fourth-order valence-electron chi connectivity index (χ4n) is 1.97. The number of ether oxygens (including phenoxy) is 1. The molecular formula is C12H17Cl2N3O2. The Morgan fingerprint density at radius 1 is 1.42 bits per heavy atom. The van der Waals surface area contributed by atoms with Gasteiger partial charge in [0.2, 0.25) is 0 Å². The molecule has 2 rings (SSSR count). The van der Waals surface area contributed by atoms with E-state index in [9.17, 15) is 4.79 Å². The van der Waals surface area contributed by atoms with E-state index >= 15 is 0 Å². The van der Waals surface area contributed by atoms with Gasteiger partial charge in [0.15, 0.2) is 0 Å². The highest BCUT2D eigenvalue weighted by atomic mass is 35.5. The van der Waals surface area contributed by atoms with E-state index < -0.39 is 0 Å². The average molecular weight is 306 g/mol. The first kappa shape index (κ1) is 14.7. The molecule has 2 heterocycles. The number of nitrogens with one attached hydrogen (secondary N) is 3. The second kappa shape index (κ2) is 7.14. The predicted octanol–water partition coefficient (Wildman–Crippen LogP) is 1.82. The van der Waals surface area contributed by atoms with Gasteiger partial charge in [0.25, 0.3) is 5.91 Å². The van der Waals surface area contributed by atoms with E-state index in [1.165, 1.54) is 6.07 Å². The van der Waals surface area contributed by atoms with Crippen LogP contribution in [0.3, 0.4) is 0 Å². The minimum absolute atomic E-state index is 0.234. The Hall–Kier alpha value is -0.750. The largest absolute Gasteiger partial charge is 0.376 e. The summed E-state index contributed by atoms with van der Waals surface area (Å²) in [6.07, 6.45) is 2.35. The number of piperidine rings is 1. The zero-order valence-corrected chi connectivity index (χ0v) is 12.0. The molecule has 0 radical (unpaired) electrons. The quantitative estimate of drug-likeness (QED) is 0.727. The van der Waals surface area contributed by atoms with E-state index in [1.807, 2.05) is 0 Å². The van der Waals surface area contributed by atoms with Crippen LogP contribution in [0.15, 0.2) is 6.07 Å². The molecule has 1 amide bonds. The molecule has 1 aromatic heterocycles. The van der Waals surface area contributed by atoms with Crippen LogP contribution in [0.25, 0.3) is 0 Å². The van der Waals surface area contributed by atoms with Crippen molar-refractivity contribution in [2.45, 2.75) is 18.9 Å². The van der Waals surface area contributed by atoms with Crippen molar-refractivity contribution in [2.24, 2.45) is 0 Å². The van der Waals surface area contributed by atoms with Gasteiger partial charge < -0.3 is 20.4 Å². The van der Waals surface area contributed by atoms with Crippen molar-refractivity contribution in [3.05, 3.63) is 21.9 Å². The molecule has 1 saturated heterocycles. The van der Waals surface area contributed by atoms with Gasteiger partial charge in [0.1, 0.15) is 10.8 Å². The van der Waals surface area contributed by atoms with Crippen LogP contribution in [0.5, 0.6) is 0 Å². The SMILES string of the molecule is O=C(NCCOC1CCNCC1)c1cc(Cl)c(Cl)[nH]1. The van der Waals surface area contributed by atoms with E-state index in [0.717, 1.165) is 25.9 Å². The van der Waals surface area contributed by atoms with Crippen molar-refractivity contribution in [1.82, 2.24) is 15.6 Å². The summed E-state index contributed by atoms with van der Waals surface area (Å²) < 4.78 is 5.68. The van der Waals surface area contributed by atoms with E-state index in [2.05, 4.69) is 15.6 Å². The number of amides is 1. The van der Waals surface area contributed by atoms with Crippen LogP contribution < -0.4 is 10.6 Å². The van der Waals surface area contributed by atoms with Crippen molar-refractivity contribution < 1.29 is 9.53 Å².